The number of nitrogens with zero attached hydrogens (tertiary/aromatic N) is 3. The topological polar surface area (TPSA) is 38.7 Å². The van der Waals surface area contributed by atoms with Crippen LogP contribution in [0.25, 0.3) is 78.4 Å². The minimum absolute atomic E-state index is 0.130. The van der Waals surface area contributed by atoms with Crippen LogP contribution in [0.2, 0.25) is 0 Å². The van der Waals surface area contributed by atoms with Gasteiger partial charge in [0.15, 0.2) is 5.82 Å². The largest absolute Gasteiger partial charge is 0.264 e. The van der Waals surface area contributed by atoms with E-state index < -0.39 is 5.41 Å². The van der Waals surface area contributed by atoms with Gasteiger partial charge in [-0.2, -0.15) is 0 Å². The van der Waals surface area contributed by atoms with Crippen LogP contribution in [-0.2, 0) is 10.8 Å². The van der Waals surface area contributed by atoms with E-state index in [1.807, 2.05) is 24.0 Å². The van der Waals surface area contributed by atoms with Gasteiger partial charge in [0.05, 0.1) is 16.8 Å². The van der Waals surface area contributed by atoms with Crippen LogP contribution in [-0.4, -0.2) is 15.0 Å². The zero-order chi connectivity index (χ0) is 43.3. The highest BCUT2D eigenvalue weighted by Gasteiger charge is 2.50. The van der Waals surface area contributed by atoms with Gasteiger partial charge in [0.1, 0.15) is 0 Å². The van der Waals surface area contributed by atoms with E-state index in [-0.39, 0.29) is 5.41 Å². The van der Waals surface area contributed by atoms with Crippen LogP contribution < -0.4 is 0 Å². The fourth-order valence-corrected chi connectivity index (χ4v) is 12.2. The monoisotopic (exact) mass is 847 g/mol. The maximum Gasteiger partial charge on any atom is 0.160 e. The number of fused-ring (bicyclic) bond motifs is 14. The molecule has 13 rings (SSSR count). The van der Waals surface area contributed by atoms with Crippen molar-refractivity contribution in [3.63, 3.8) is 0 Å². The summed E-state index contributed by atoms with van der Waals surface area (Å²) in [5.74, 6) is 0.682. The van der Waals surface area contributed by atoms with Crippen molar-refractivity contribution in [1.29, 1.82) is 0 Å². The van der Waals surface area contributed by atoms with Gasteiger partial charge in [-0.05, 0) is 114 Å². The van der Waals surface area contributed by atoms with E-state index in [1.54, 1.807) is 6.20 Å². The van der Waals surface area contributed by atoms with Crippen molar-refractivity contribution in [2.75, 3.05) is 0 Å². The minimum Gasteiger partial charge on any atom is -0.264 e. The third-order valence-electron chi connectivity index (χ3n) is 14.1. The van der Waals surface area contributed by atoms with Crippen molar-refractivity contribution in [3.8, 4) is 78.4 Å². The van der Waals surface area contributed by atoms with Gasteiger partial charge >= 0.3 is 0 Å². The molecule has 0 N–H and O–H groups in total. The molecule has 0 radical (unpaired) electrons. The lowest BCUT2D eigenvalue weighted by molar-refractivity contribution is 0.653. The highest BCUT2D eigenvalue weighted by Crippen LogP contribution is 2.63. The summed E-state index contributed by atoms with van der Waals surface area (Å²) in [5, 5.41) is 0. The summed E-state index contributed by atoms with van der Waals surface area (Å²) < 4.78 is 0. The van der Waals surface area contributed by atoms with E-state index in [4.69, 9.17) is 9.97 Å². The second-order valence-corrected chi connectivity index (χ2v) is 19.0. The minimum atomic E-state index is -0.685. The number of rotatable bonds is 4. The first-order valence-corrected chi connectivity index (χ1v) is 23.1. The summed E-state index contributed by atoms with van der Waals surface area (Å²) in [6.07, 6.45) is 3.71. The third kappa shape index (κ3) is 5.67. The van der Waals surface area contributed by atoms with Gasteiger partial charge in [-0.3, -0.25) is 4.98 Å². The quantitative estimate of drug-likeness (QED) is 0.177. The Morgan fingerprint density at radius 2 is 0.938 bits per heavy atom. The van der Waals surface area contributed by atoms with Gasteiger partial charge in [0, 0.05) is 44.3 Å². The highest BCUT2D eigenvalue weighted by atomic mass is 32.2. The van der Waals surface area contributed by atoms with Crippen LogP contribution in [0, 0.1) is 0 Å². The maximum atomic E-state index is 5.45. The number of benzene rings is 8. The predicted molar refractivity (Wildman–Crippen MR) is 266 cm³/mol. The van der Waals surface area contributed by atoms with Crippen molar-refractivity contribution in [2.24, 2.45) is 0 Å². The average Bonchev–Trinajstić information content (AvgIpc) is 3.53. The molecule has 0 saturated carbocycles. The lowest BCUT2D eigenvalue weighted by atomic mass is 9.62. The van der Waals surface area contributed by atoms with Gasteiger partial charge in [0.25, 0.3) is 0 Å². The maximum absolute atomic E-state index is 5.45. The first-order chi connectivity index (χ1) is 32.0. The summed E-state index contributed by atoms with van der Waals surface area (Å²) in [6.45, 7) is 4.77. The molecule has 2 aliphatic carbocycles. The Morgan fingerprint density at radius 1 is 0.354 bits per heavy atom. The molecule has 1 aliphatic heterocycles. The summed E-state index contributed by atoms with van der Waals surface area (Å²) >= 11 is 1.91. The van der Waals surface area contributed by atoms with Crippen molar-refractivity contribution in [3.05, 3.63) is 246 Å². The summed E-state index contributed by atoms with van der Waals surface area (Å²) in [7, 11) is 0. The number of pyridine rings is 1. The van der Waals surface area contributed by atoms with Gasteiger partial charge in [-0.1, -0.05) is 189 Å². The van der Waals surface area contributed by atoms with E-state index in [1.165, 1.54) is 76.6 Å². The molecular formula is C61H41N3S. The number of hydrogen-bond acceptors (Lipinski definition) is 4. The Morgan fingerprint density at radius 3 is 1.68 bits per heavy atom. The van der Waals surface area contributed by atoms with Crippen molar-refractivity contribution < 1.29 is 0 Å². The van der Waals surface area contributed by atoms with Gasteiger partial charge in [-0.25, -0.2) is 9.97 Å². The number of aromatic nitrogens is 3. The Labute approximate surface area is 383 Å². The molecular weight excluding hydrogens is 807 g/mol. The molecule has 1 spiro atoms. The van der Waals surface area contributed by atoms with Crippen molar-refractivity contribution in [1.82, 2.24) is 15.0 Å². The second-order valence-electron chi connectivity index (χ2n) is 17.9. The van der Waals surface area contributed by atoms with Crippen molar-refractivity contribution in [2.45, 2.75) is 34.5 Å². The number of hydrogen-bond donors (Lipinski definition) is 0. The molecule has 306 valence electrons. The van der Waals surface area contributed by atoms with E-state index in [9.17, 15) is 0 Å². The predicted octanol–water partition coefficient (Wildman–Crippen LogP) is 15.3. The van der Waals surface area contributed by atoms with Crippen LogP contribution in [0.1, 0.15) is 47.2 Å². The fraction of sp³-hybridized carbons (Fsp3) is 0.0656. The third-order valence-corrected chi connectivity index (χ3v) is 15.2. The molecule has 3 nitrogen and oxygen atoms in total. The van der Waals surface area contributed by atoms with Crippen molar-refractivity contribution >= 4 is 11.8 Å². The zero-order valence-electron chi connectivity index (χ0n) is 36.0. The van der Waals surface area contributed by atoms with E-state index in [2.05, 4.69) is 213 Å². The Bertz CT molecular complexity index is 3540. The van der Waals surface area contributed by atoms with Gasteiger partial charge < -0.3 is 0 Å². The standard InChI is InChI=1S/C61H41N3S/c1-60(2)49-22-10-8-21-46(49)48-34-54-58(35-52(48)60)65-57-25-13-12-24-51(57)61(54)50-23-11-9-20-45(50)43-18-6-7-19-44(43)47-31-30-41(33-53(47)61)56-36-55(39-15-4-3-5-16-39)63-59(64-56)40-28-26-38(27-29-40)42-17-14-32-62-37-42/h3-37H,1-2H3. The highest BCUT2D eigenvalue weighted by molar-refractivity contribution is 7.99. The molecule has 8 aromatic carbocycles. The second kappa shape index (κ2) is 14.4. The SMILES string of the molecule is CC1(C)c2ccccc2-c2cc3c(cc21)Sc1ccccc1C31c2ccccc2-c2ccccc2-c2ccc(-c3cc(-c4ccccc4)nc(-c4ccc(-c5cccnc5)cc4)n3)cc21. The van der Waals surface area contributed by atoms with E-state index in [0.29, 0.717) is 5.82 Å². The Kier molecular flexibility index (Phi) is 8.41. The summed E-state index contributed by atoms with van der Waals surface area (Å²) in [4.78, 5) is 17.6. The molecule has 0 saturated heterocycles. The molecule has 65 heavy (non-hydrogen) atoms. The molecule has 3 heterocycles. The molecule has 10 aromatic rings. The molecule has 0 bridgehead atoms. The molecule has 2 aromatic heterocycles. The van der Waals surface area contributed by atoms with Crippen LogP contribution in [0.5, 0.6) is 0 Å². The first kappa shape index (κ1) is 37.9. The molecule has 1 atom stereocenters. The summed E-state index contributed by atoms with van der Waals surface area (Å²) in [5.41, 5.74) is 21.6. The lowest BCUT2D eigenvalue weighted by Crippen LogP contribution is -2.35. The zero-order valence-corrected chi connectivity index (χ0v) is 36.8. The van der Waals surface area contributed by atoms with Gasteiger partial charge in [0.2, 0.25) is 0 Å². The fourth-order valence-electron chi connectivity index (χ4n) is 11.0. The lowest BCUT2D eigenvalue weighted by Gasteiger charge is -2.43. The first-order valence-electron chi connectivity index (χ1n) is 22.3. The molecule has 4 heteroatoms. The van der Waals surface area contributed by atoms with Crippen LogP contribution >= 0.6 is 11.8 Å². The Balaban J connectivity index is 1.11. The molecule has 0 fully saturated rings. The van der Waals surface area contributed by atoms with E-state index in [0.717, 1.165) is 39.2 Å². The molecule has 3 aliphatic rings. The van der Waals surface area contributed by atoms with E-state index >= 15 is 0 Å². The van der Waals surface area contributed by atoms with Crippen LogP contribution in [0.15, 0.2) is 222 Å². The molecule has 1 unspecified atom stereocenters. The van der Waals surface area contributed by atoms with Crippen LogP contribution in [0.3, 0.4) is 0 Å². The normalized spacial score (nSPS) is 15.7. The molecule has 0 amide bonds. The average molecular weight is 848 g/mol. The Hall–Kier alpha value is -7.66. The van der Waals surface area contributed by atoms with Crippen LogP contribution in [0.4, 0.5) is 0 Å². The van der Waals surface area contributed by atoms with Gasteiger partial charge in [-0.15, -0.1) is 0 Å². The summed E-state index contributed by atoms with van der Waals surface area (Å²) in [6, 6.07) is 73.7. The smallest absolute Gasteiger partial charge is 0.160 e.